The fraction of sp³-hybridized carbons (Fsp3) is 0.296. The minimum Gasteiger partial charge on any atom is -0.481 e. The van der Waals surface area contributed by atoms with Gasteiger partial charge in [0.1, 0.15) is 5.82 Å². The number of rotatable bonds is 10. The first-order chi connectivity index (χ1) is 16.6. The zero-order chi connectivity index (χ0) is 25.6. The highest BCUT2D eigenvalue weighted by atomic mass is 19.1. The molecule has 184 valence electrons. The van der Waals surface area contributed by atoms with Crippen molar-refractivity contribution in [3.63, 3.8) is 0 Å². The molecule has 0 spiro atoms. The number of nitrogens with zero attached hydrogens (tertiary/aromatic N) is 1. The molecule has 3 aromatic rings. The molecule has 0 aliphatic rings. The Bertz CT molecular complexity index is 1230. The van der Waals surface area contributed by atoms with Crippen molar-refractivity contribution in [3.8, 4) is 11.1 Å². The summed E-state index contributed by atoms with van der Waals surface area (Å²) in [5, 5.41) is 16.3. The second kappa shape index (κ2) is 11.1. The fourth-order valence-electron chi connectivity index (χ4n) is 3.57. The first-order valence-corrected chi connectivity index (χ1v) is 11.2. The number of carbonyl (C=O) groups excluding carboxylic acids is 1. The van der Waals surface area contributed by atoms with Gasteiger partial charge in [-0.15, -0.1) is 0 Å². The molecule has 0 bridgehead atoms. The summed E-state index contributed by atoms with van der Waals surface area (Å²) < 4.78 is 24.7. The predicted octanol–water partition coefficient (Wildman–Crippen LogP) is 5.39. The molecule has 1 aromatic heterocycles. The summed E-state index contributed by atoms with van der Waals surface area (Å²) >= 11 is 0. The number of hydrogen-bond acceptors (Lipinski definition) is 5. The lowest BCUT2D eigenvalue weighted by Gasteiger charge is -2.26. The molecule has 1 heterocycles. The fourth-order valence-corrected chi connectivity index (χ4v) is 3.57. The van der Waals surface area contributed by atoms with Crippen LogP contribution in [0.1, 0.15) is 47.6 Å². The average Bonchev–Trinajstić information content (AvgIpc) is 3.26. The standard InChI is InChI=1S/C27H29FN2O5/c1-5-34-16-27(4,26(32)33)15-21(29-25(31)24-13-18(3)30-35-24)14-19-7-9-20(10-8-19)22-12-17(2)6-11-23(22)28/h6-14H,5,15-16H2,1-4H3,(H,29,31)(H,32,33)/b21-14-/t27-/m0/s1. The van der Waals surface area contributed by atoms with E-state index in [9.17, 15) is 19.1 Å². The summed E-state index contributed by atoms with van der Waals surface area (Å²) in [5.41, 5.74) is 2.48. The van der Waals surface area contributed by atoms with Gasteiger partial charge >= 0.3 is 5.97 Å². The maximum Gasteiger partial charge on any atom is 0.312 e. The zero-order valence-electron chi connectivity index (χ0n) is 20.2. The number of aromatic nitrogens is 1. The van der Waals surface area contributed by atoms with E-state index in [1.54, 1.807) is 63.2 Å². The Morgan fingerprint density at radius 1 is 1.17 bits per heavy atom. The topological polar surface area (TPSA) is 102 Å². The second-order valence-electron chi connectivity index (χ2n) is 8.74. The van der Waals surface area contributed by atoms with Crippen molar-refractivity contribution < 1.29 is 28.3 Å². The Morgan fingerprint density at radius 2 is 1.89 bits per heavy atom. The van der Waals surface area contributed by atoms with Gasteiger partial charge in [0.15, 0.2) is 0 Å². The minimum absolute atomic E-state index is 0.00451. The molecule has 1 amide bonds. The number of hydrogen-bond donors (Lipinski definition) is 2. The summed E-state index contributed by atoms with van der Waals surface area (Å²) in [4.78, 5) is 24.8. The van der Waals surface area contributed by atoms with Gasteiger partial charge in [0.2, 0.25) is 5.76 Å². The number of halogens is 1. The van der Waals surface area contributed by atoms with Crippen LogP contribution in [-0.4, -0.2) is 35.4 Å². The Hall–Kier alpha value is -3.78. The number of carboxylic acid groups (broad SMARTS) is 1. The molecule has 2 N–H and O–H groups in total. The van der Waals surface area contributed by atoms with E-state index in [4.69, 9.17) is 9.26 Å². The second-order valence-corrected chi connectivity index (χ2v) is 8.74. The van der Waals surface area contributed by atoms with E-state index in [0.29, 0.717) is 34.7 Å². The number of carbonyl (C=O) groups is 2. The first kappa shape index (κ1) is 25.8. The summed E-state index contributed by atoms with van der Waals surface area (Å²) in [7, 11) is 0. The number of benzene rings is 2. The van der Waals surface area contributed by atoms with Crippen LogP contribution in [0, 0.1) is 25.1 Å². The van der Waals surface area contributed by atoms with Gasteiger partial charge in [0, 0.05) is 30.4 Å². The van der Waals surface area contributed by atoms with E-state index >= 15 is 0 Å². The number of carboxylic acids is 1. The highest BCUT2D eigenvalue weighted by Crippen LogP contribution is 2.29. The van der Waals surface area contributed by atoms with E-state index in [1.165, 1.54) is 12.1 Å². The smallest absolute Gasteiger partial charge is 0.312 e. The molecule has 0 saturated carbocycles. The SMILES string of the molecule is CCOC[C@](C)(C/C(=C/c1ccc(-c2cc(C)ccc2F)cc1)NC(=O)c1cc(C)no1)C(=O)O. The molecule has 0 fully saturated rings. The van der Waals surface area contributed by atoms with Crippen molar-refractivity contribution in [3.05, 3.63) is 82.6 Å². The molecule has 2 aromatic carbocycles. The van der Waals surface area contributed by atoms with Gasteiger partial charge in [-0.1, -0.05) is 41.1 Å². The molecule has 7 nitrogen and oxygen atoms in total. The van der Waals surface area contributed by atoms with Gasteiger partial charge in [0.25, 0.3) is 5.91 Å². The monoisotopic (exact) mass is 480 g/mol. The zero-order valence-corrected chi connectivity index (χ0v) is 20.2. The van der Waals surface area contributed by atoms with E-state index in [0.717, 1.165) is 5.56 Å². The predicted molar refractivity (Wildman–Crippen MR) is 130 cm³/mol. The lowest BCUT2D eigenvalue weighted by atomic mass is 9.85. The average molecular weight is 481 g/mol. The normalized spacial score (nSPS) is 13.3. The van der Waals surface area contributed by atoms with Crippen LogP contribution >= 0.6 is 0 Å². The van der Waals surface area contributed by atoms with Crippen LogP contribution in [0.3, 0.4) is 0 Å². The van der Waals surface area contributed by atoms with E-state index in [-0.39, 0.29) is 24.6 Å². The highest BCUT2D eigenvalue weighted by molar-refractivity contribution is 5.93. The molecule has 8 heteroatoms. The Balaban J connectivity index is 1.93. The van der Waals surface area contributed by atoms with Crippen LogP contribution < -0.4 is 5.32 Å². The van der Waals surface area contributed by atoms with Gasteiger partial charge in [-0.2, -0.15) is 0 Å². The van der Waals surface area contributed by atoms with Crippen molar-refractivity contribution in [2.24, 2.45) is 5.41 Å². The van der Waals surface area contributed by atoms with Crippen LogP contribution in [0.4, 0.5) is 4.39 Å². The third kappa shape index (κ3) is 6.64. The minimum atomic E-state index is -1.28. The number of ether oxygens (including phenoxy) is 1. The number of amides is 1. The number of aryl methyl sites for hydroxylation is 2. The van der Waals surface area contributed by atoms with Gasteiger partial charge in [0.05, 0.1) is 17.7 Å². The molecule has 0 radical (unpaired) electrons. The molecule has 0 unspecified atom stereocenters. The highest BCUT2D eigenvalue weighted by Gasteiger charge is 2.35. The van der Waals surface area contributed by atoms with Crippen molar-refractivity contribution in [1.29, 1.82) is 0 Å². The lowest BCUT2D eigenvalue weighted by molar-refractivity contribution is -0.151. The molecule has 0 aliphatic heterocycles. The summed E-state index contributed by atoms with van der Waals surface area (Å²) in [6.07, 6.45) is 1.68. The van der Waals surface area contributed by atoms with Gasteiger partial charge in [-0.05, 0) is 57.0 Å². The molecule has 35 heavy (non-hydrogen) atoms. The maximum atomic E-state index is 14.3. The van der Waals surface area contributed by atoms with Crippen molar-refractivity contribution in [2.45, 2.75) is 34.1 Å². The number of allylic oxidation sites excluding steroid dienone is 1. The molecular weight excluding hydrogens is 451 g/mol. The third-order valence-electron chi connectivity index (χ3n) is 5.53. The van der Waals surface area contributed by atoms with Crippen LogP contribution in [-0.2, 0) is 9.53 Å². The van der Waals surface area contributed by atoms with Gasteiger partial charge in [-0.3, -0.25) is 9.59 Å². The molecule has 0 saturated heterocycles. The van der Waals surface area contributed by atoms with Crippen molar-refractivity contribution in [1.82, 2.24) is 10.5 Å². The maximum absolute atomic E-state index is 14.3. The van der Waals surface area contributed by atoms with Crippen molar-refractivity contribution in [2.75, 3.05) is 13.2 Å². The Labute approximate surface area is 203 Å². The molecular formula is C27H29FN2O5. The van der Waals surface area contributed by atoms with Crippen LogP contribution in [0.15, 0.2) is 58.8 Å². The molecule has 3 rings (SSSR count). The quantitative estimate of drug-likeness (QED) is 0.404. The Morgan fingerprint density at radius 3 is 2.49 bits per heavy atom. The van der Waals surface area contributed by atoms with Crippen LogP contribution in [0.5, 0.6) is 0 Å². The Kier molecular flexibility index (Phi) is 8.19. The molecule has 1 atom stereocenters. The van der Waals surface area contributed by atoms with E-state index in [1.807, 2.05) is 6.92 Å². The lowest BCUT2D eigenvalue weighted by Crippen LogP contribution is -2.36. The summed E-state index contributed by atoms with van der Waals surface area (Å²) in [6, 6.07) is 13.5. The van der Waals surface area contributed by atoms with Crippen LogP contribution in [0.2, 0.25) is 0 Å². The third-order valence-corrected chi connectivity index (χ3v) is 5.53. The summed E-state index contributed by atoms with van der Waals surface area (Å²) in [5.74, 6) is -1.89. The van der Waals surface area contributed by atoms with E-state index < -0.39 is 17.3 Å². The molecule has 0 aliphatic carbocycles. The summed E-state index contributed by atoms with van der Waals surface area (Å²) in [6.45, 7) is 7.27. The largest absolute Gasteiger partial charge is 0.481 e. The van der Waals surface area contributed by atoms with E-state index in [2.05, 4.69) is 10.5 Å². The van der Waals surface area contributed by atoms with Crippen molar-refractivity contribution >= 4 is 18.0 Å². The number of nitrogens with one attached hydrogen (secondary N) is 1. The van der Waals surface area contributed by atoms with Crippen LogP contribution in [0.25, 0.3) is 17.2 Å². The van der Waals surface area contributed by atoms with Gasteiger partial charge in [-0.25, -0.2) is 4.39 Å². The van der Waals surface area contributed by atoms with Gasteiger partial charge < -0.3 is 19.7 Å². The number of aliphatic carboxylic acids is 1. The first-order valence-electron chi connectivity index (χ1n) is 11.2.